The van der Waals surface area contributed by atoms with Crippen molar-refractivity contribution in [2.75, 3.05) is 0 Å². The number of hydrogen-bond donors (Lipinski definition) is 2. The number of aromatic nitrogens is 2. The first-order valence-electron chi connectivity index (χ1n) is 9.81. The van der Waals surface area contributed by atoms with Crippen LogP contribution < -0.4 is 10.6 Å². The molecule has 1 aliphatic rings. The van der Waals surface area contributed by atoms with Crippen LogP contribution in [0.2, 0.25) is 0 Å². The largest absolute Gasteiger partial charge is 0.469 e. The molecule has 1 fully saturated rings. The van der Waals surface area contributed by atoms with Gasteiger partial charge in [-0.15, -0.1) is 0 Å². The van der Waals surface area contributed by atoms with E-state index < -0.39 is 5.54 Å². The Bertz CT molecular complexity index is 966. The van der Waals surface area contributed by atoms with Crippen LogP contribution in [0.15, 0.2) is 65.5 Å². The maximum Gasteiger partial charge on any atom is 0.220 e. The van der Waals surface area contributed by atoms with Gasteiger partial charge in [0.15, 0.2) is 0 Å². The van der Waals surface area contributed by atoms with Crippen molar-refractivity contribution in [1.82, 2.24) is 20.4 Å². The fourth-order valence-corrected chi connectivity index (χ4v) is 3.80. The summed E-state index contributed by atoms with van der Waals surface area (Å²) in [7, 11) is 0. The summed E-state index contributed by atoms with van der Waals surface area (Å²) in [5.41, 5.74) is 1.55. The van der Waals surface area contributed by atoms with Gasteiger partial charge in [-0.25, -0.2) is 4.68 Å². The lowest BCUT2D eigenvalue weighted by molar-refractivity contribution is -0.122. The summed E-state index contributed by atoms with van der Waals surface area (Å²) in [4.78, 5) is 24.3. The number of nitrogens with zero attached hydrogens (tertiary/aromatic N) is 2. The average molecular weight is 392 g/mol. The van der Waals surface area contributed by atoms with Gasteiger partial charge in [-0.3, -0.25) is 9.59 Å². The molecule has 0 bridgehead atoms. The molecule has 2 amide bonds. The smallest absolute Gasteiger partial charge is 0.220 e. The van der Waals surface area contributed by atoms with E-state index in [0.29, 0.717) is 38.6 Å². The first kappa shape index (κ1) is 19.0. The van der Waals surface area contributed by atoms with Gasteiger partial charge in [-0.05, 0) is 48.7 Å². The van der Waals surface area contributed by atoms with Gasteiger partial charge in [0.2, 0.25) is 11.8 Å². The minimum atomic E-state index is -0.410. The molecule has 0 saturated carbocycles. The number of carbonyl (C=O) groups is 2. The lowest BCUT2D eigenvalue weighted by Crippen LogP contribution is -2.44. The van der Waals surface area contributed by atoms with Crippen LogP contribution in [-0.4, -0.2) is 27.1 Å². The first-order chi connectivity index (χ1) is 14.1. The second kappa shape index (κ2) is 8.34. The third-order valence-corrected chi connectivity index (χ3v) is 5.33. The van der Waals surface area contributed by atoms with E-state index in [1.165, 1.54) is 0 Å². The van der Waals surface area contributed by atoms with Gasteiger partial charge >= 0.3 is 0 Å². The van der Waals surface area contributed by atoms with Crippen molar-refractivity contribution < 1.29 is 14.0 Å². The lowest BCUT2D eigenvalue weighted by Gasteiger charge is -2.28. The molecule has 1 atom stereocenters. The zero-order valence-corrected chi connectivity index (χ0v) is 16.1. The van der Waals surface area contributed by atoms with Crippen molar-refractivity contribution in [3.63, 3.8) is 0 Å². The molecule has 1 aromatic carbocycles. The van der Waals surface area contributed by atoms with Gasteiger partial charge in [0.25, 0.3) is 0 Å². The zero-order valence-electron chi connectivity index (χ0n) is 16.1. The quantitative estimate of drug-likeness (QED) is 0.617. The molecule has 7 nitrogen and oxygen atoms in total. The maximum atomic E-state index is 12.4. The molecular weight excluding hydrogens is 368 g/mol. The first-order valence-corrected chi connectivity index (χ1v) is 9.81. The van der Waals surface area contributed by atoms with Crippen LogP contribution >= 0.6 is 0 Å². The highest BCUT2D eigenvalue weighted by Crippen LogP contribution is 2.29. The van der Waals surface area contributed by atoms with Gasteiger partial charge in [0, 0.05) is 43.7 Å². The Hall–Kier alpha value is -3.35. The molecule has 1 saturated heterocycles. The Morgan fingerprint density at radius 2 is 2.21 bits per heavy atom. The van der Waals surface area contributed by atoms with Crippen molar-refractivity contribution in [2.24, 2.45) is 0 Å². The monoisotopic (exact) mass is 392 g/mol. The standard InChI is InChI=1S/C22H24N4O3/c27-20(23-16-17-4-1-5-18(14-17)26-12-3-11-24-26)7-9-22(10-8-21(28)25-22)15-19-6-2-13-29-19/h1-6,11-14H,7-10,15-16H2,(H,23,27)(H,25,28). The van der Waals surface area contributed by atoms with Crippen LogP contribution in [0.4, 0.5) is 0 Å². The van der Waals surface area contributed by atoms with Gasteiger partial charge in [-0.1, -0.05) is 12.1 Å². The molecule has 3 heterocycles. The van der Waals surface area contributed by atoms with E-state index in [9.17, 15) is 9.59 Å². The minimum Gasteiger partial charge on any atom is -0.469 e. The van der Waals surface area contributed by atoms with Crippen molar-refractivity contribution in [2.45, 2.75) is 44.2 Å². The zero-order chi connectivity index (χ0) is 20.1. The van der Waals surface area contributed by atoms with E-state index in [1.54, 1.807) is 17.1 Å². The highest BCUT2D eigenvalue weighted by atomic mass is 16.3. The molecule has 0 aliphatic carbocycles. The summed E-state index contributed by atoms with van der Waals surface area (Å²) in [6.45, 7) is 0.450. The summed E-state index contributed by atoms with van der Waals surface area (Å²) in [5, 5.41) is 10.3. The summed E-state index contributed by atoms with van der Waals surface area (Å²) in [5.74, 6) is 0.824. The molecule has 29 heavy (non-hydrogen) atoms. The van der Waals surface area contributed by atoms with Crippen molar-refractivity contribution in [1.29, 1.82) is 0 Å². The molecule has 150 valence electrons. The molecule has 0 spiro atoms. The number of benzene rings is 1. The van der Waals surface area contributed by atoms with E-state index in [4.69, 9.17) is 4.42 Å². The predicted molar refractivity (Wildman–Crippen MR) is 107 cm³/mol. The number of furan rings is 1. The van der Waals surface area contributed by atoms with E-state index in [-0.39, 0.29) is 11.8 Å². The van der Waals surface area contributed by atoms with Crippen molar-refractivity contribution >= 4 is 11.8 Å². The van der Waals surface area contributed by atoms with Gasteiger partial charge in [0.05, 0.1) is 12.0 Å². The molecule has 1 unspecified atom stereocenters. The summed E-state index contributed by atoms with van der Waals surface area (Å²) >= 11 is 0. The topological polar surface area (TPSA) is 89.2 Å². The molecule has 0 radical (unpaired) electrons. The Labute approximate surface area is 169 Å². The van der Waals surface area contributed by atoms with Crippen LogP contribution in [0, 0.1) is 0 Å². The lowest BCUT2D eigenvalue weighted by atomic mass is 9.87. The summed E-state index contributed by atoms with van der Waals surface area (Å²) < 4.78 is 7.23. The molecule has 1 aliphatic heterocycles. The SMILES string of the molecule is O=C(CCC1(Cc2ccco2)CCC(=O)N1)NCc1cccc(-n2cccn2)c1. The molecule has 3 aromatic rings. The molecule has 2 aromatic heterocycles. The van der Waals surface area contributed by atoms with Crippen LogP contribution in [0.3, 0.4) is 0 Å². The Morgan fingerprint density at radius 3 is 2.93 bits per heavy atom. The predicted octanol–water partition coefficient (Wildman–Crippen LogP) is 2.75. The maximum absolute atomic E-state index is 12.4. The van der Waals surface area contributed by atoms with Crippen molar-refractivity contribution in [3.8, 4) is 5.69 Å². The highest BCUT2D eigenvalue weighted by Gasteiger charge is 2.38. The Balaban J connectivity index is 1.32. The Morgan fingerprint density at radius 1 is 1.28 bits per heavy atom. The second-order valence-electron chi connectivity index (χ2n) is 7.48. The third-order valence-electron chi connectivity index (χ3n) is 5.33. The van der Waals surface area contributed by atoms with Crippen molar-refractivity contribution in [3.05, 3.63) is 72.4 Å². The average Bonchev–Trinajstić information content (AvgIpc) is 3.49. The van der Waals surface area contributed by atoms with Crippen LogP contribution in [0.25, 0.3) is 5.69 Å². The normalized spacial score (nSPS) is 18.6. The minimum absolute atomic E-state index is 0.0329. The van der Waals surface area contributed by atoms with E-state index in [0.717, 1.165) is 17.0 Å². The number of nitrogens with one attached hydrogen (secondary N) is 2. The number of hydrogen-bond acceptors (Lipinski definition) is 4. The van der Waals surface area contributed by atoms with Gasteiger partial charge in [-0.2, -0.15) is 5.10 Å². The number of rotatable bonds is 8. The summed E-state index contributed by atoms with van der Waals surface area (Å²) in [6, 6.07) is 13.5. The second-order valence-corrected chi connectivity index (χ2v) is 7.48. The number of carbonyl (C=O) groups excluding carboxylic acids is 2. The molecule has 4 rings (SSSR count). The van der Waals surface area contributed by atoms with Gasteiger partial charge in [0.1, 0.15) is 5.76 Å². The third kappa shape index (κ3) is 4.74. The highest BCUT2D eigenvalue weighted by molar-refractivity contribution is 5.80. The Kier molecular flexibility index (Phi) is 5.46. The van der Waals surface area contributed by atoms with E-state index in [2.05, 4.69) is 15.7 Å². The van der Waals surface area contributed by atoms with E-state index >= 15 is 0 Å². The fraction of sp³-hybridized carbons (Fsp3) is 0.318. The molecule has 7 heteroatoms. The van der Waals surface area contributed by atoms with E-state index in [1.807, 2.05) is 48.7 Å². The van der Waals surface area contributed by atoms with Crippen LogP contribution in [0.1, 0.15) is 37.0 Å². The molecule has 2 N–H and O–H groups in total. The summed E-state index contributed by atoms with van der Waals surface area (Å²) in [6.07, 6.45) is 7.97. The fourth-order valence-electron chi connectivity index (χ4n) is 3.80. The number of amides is 2. The van der Waals surface area contributed by atoms with Crippen LogP contribution in [0.5, 0.6) is 0 Å². The van der Waals surface area contributed by atoms with Gasteiger partial charge < -0.3 is 15.1 Å². The molecular formula is C22H24N4O3. The van der Waals surface area contributed by atoms with Crippen LogP contribution in [-0.2, 0) is 22.6 Å².